The molecule has 0 saturated heterocycles. The monoisotopic (exact) mass is 522 g/mol. The highest BCUT2D eigenvalue weighted by Gasteiger charge is 2.46. The van der Waals surface area contributed by atoms with E-state index in [-0.39, 0.29) is 48.0 Å². The Morgan fingerprint density at radius 2 is 2.12 bits per heavy atom. The first-order valence-electron chi connectivity index (χ1n) is 10.8. The number of halogens is 1. The number of amidine groups is 1. The van der Waals surface area contributed by atoms with Crippen LogP contribution < -0.4 is 10.0 Å². The minimum atomic E-state index is -1.79. The molecule has 3 aliphatic rings. The third-order valence-electron chi connectivity index (χ3n) is 6.33. The maximum atomic E-state index is 13.6. The Morgan fingerprint density at radius 1 is 1.35 bits per heavy atom. The number of carbonyl (C=O) groups is 1. The zero-order valence-corrected chi connectivity index (χ0v) is 20.7. The molecule has 2 aromatic rings. The molecule has 1 aliphatic carbocycles. The summed E-state index contributed by atoms with van der Waals surface area (Å²) in [6.45, 7) is 0.553. The fraction of sp³-hybridized carbons (Fsp3) is 0.364. The number of aliphatic hydroxyl groups is 1. The van der Waals surface area contributed by atoms with E-state index >= 15 is 0 Å². The molecule has 1 saturated carbocycles. The number of hydrogen-bond donors (Lipinski definition) is 3. The van der Waals surface area contributed by atoms with Crippen LogP contribution in [0.1, 0.15) is 30.4 Å². The molecule has 5 rings (SSSR count). The van der Waals surface area contributed by atoms with Crippen LogP contribution in [0.5, 0.6) is 0 Å². The number of rotatable bonds is 6. The Hall–Kier alpha value is -2.41. The second-order valence-electron chi connectivity index (χ2n) is 8.43. The van der Waals surface area contributed by atoms with E-state index in [1.807, 2.05) is 0 Å². The van der Waals surface area contributed by atoms with E-state index in [0.717, 1.165) is 24.8 Å². The summed E-state index contributed by atoms with van der Waals surface area (Å²) in [5, 5.41) is 16.6. The molecular weight excluding hydrogens is 499 g/mol. The summed E-state index contributed by atoms with van der Waals surface area (Å²) in [4.78, 5) is 15.8. The van der Waals surface area contributed by atoms with Crippen molar-refractivity contribution in [3.8, 4) is 0 Å². The average molecular weight is 523 g/mol. The van der Waals surface area contributed by atoms with Crippen molar-refractivity contribution in [1.29, 1.82) is 0 Å². The summed E-state index contributed by atoms with van der Waals surface area (Å²) in [5.41, 5.74) is 1.53. The molecule has 4 unspecified atom stereocenters. The van der Waals surface area contributed by atoms with Gasteiger partial charge in [-0.1, -0.05) is 18.6 Å². The summed E-state index contributed by atoms with van der Waals surface area (Å²) in [5.74, 6) is -0.898. The highest BCUT2D eigenvalue weighted by atomic mass is 32.2. The summed E-state index contributed by atoms with van der Waals surface area (Å²) in [7, 11) is -3.01. The Balaban J connectivity index is 1.47. The first-order chi connectivity index (χ1) is 16.3. The van der Waals surface area contributed by atoms with Gasteiger partial charge in [0.2, 0.25) is 0 Å². The van der Waals surface area contributed by atoms with E-state index < -0.39 is 27.9 Å². The normalized spacial score (nSPS) is 25.0. The van der Waals surface area contributed by atoms with Crippen molar-refractivity contribution < 1.29 is 22.7 Å². The number of nitrogens with zero attached hydrogens (tertiary/aromatic N) is 2. The second kappa shape index (κ2) is 9.33. The highest BCUT2D eigenvalue weighted by molar-refractivity contribution is 7.84. The molecule has 0 bridgehead atoms. The third kappa shape index (κ3) is 4.23. The maximum absolute atomic E-state index is 13.6. The molecule has 8 nitrogen and oxygen atoms in total. The molecule has 0 spiro atoms. The molecule has 1 amide bonds. The van der Waals surface area contributed by atoms with Gasteiger partial charge in [-0.15, -0.1) is 11.3 Å². The van der Waals surface area contributed by atoms with Crippen molar-refractivity contribution in [2.24, 2.45) is 10.3 Å². The summed E-state index contributed by atoms with van der Waals surface area (Å²) in [6.07, 6.45) is 3.89. The van der Waals surface area contributed by atoms with Crippen molar-refractivity contribution in [2.75, 3.05) is 11.6 Å². The van der Waals surface area contributed by atoms with E-state index in [1.165, 1.54) is 29.7 Å². The fourth-order valence-electron chi connectivity index (χ4n) is 4.75. The van der Waals surface area contributed by atoms with Gasteiger partial charge < -0.3 is 15.3 Å². The Labute approximate surface area is 205 Å². The molecular formula is C22H23FN4O4S3. The van der Waals surface area contributed by atoms with Crippen LogP contribution >= 0.6 is 11.3 Å². The van der Waals surface area contributed by atoms with Gasteiger partial charge in [0.05, 0.1) is 11.0 Å². The van der Waals surface area contributed by atoms with Gasteiger partial charge >= 0.3 is 0 Å². The van der Waals surface area contributed by atoms with E-state index in [0.29, 0.717) is 15.5 Å². The maximum Gasteiger partial charge on any atom is 0.261 e. The minimum Gasteiger partial charge on any atom is -0.511 e. The molecule has 1 fully saturated rings. The summed E-state index contributed by atoms with van der Waals surface area (Å²) >= 11 is 1.31. The molecule has 3 N–H and O–H groups in total. The molecule has 1 aromatic heterocycles. The van der Waals surface area contributed by atoms with Crippen LogP contribution in [0.25, 0.3) is 0 Å². The SMILES string of the molecule is CS(=O)NCc1csc2c1S(=O)N=C(C1=C(O)C3CCCC3N(Cc3ccc(F)cc3)C1=O)N2. The van der Waals surface area contributed by atoms with Crippen molar-refractivity contribution in [3.63, 3.8) is 0 Å². The Kier molecular flexibility index (Phi) is 6.40. The first-order valence-corrected chi connectivity index (χ1v) is 14.3. The number of benzene rings is 1. The van der Waals surface area contributed by atoms with Gasteiger partial charge in [0.1, 0.15) is 27.0 Å². The summed E-state index contributed by atoms with van der Waals surface area (Å²) in [6, 6.07) is 5.86. The molecule has 0 radical (unpaired) electrons. The third-order valence-corrected chi connectivity index (χ3v) is 9.12. The zero-order chi connectivity index (χ0) is 24.0. The lowest BCUT2D eigenvalue weighted by Crippen LogP contribution is -2.49. The van der Waals surface area contributed by atoms with Crippen molar-refractivity contribution in [1.82, 2.24) is 9.62 Å². The molecule has 12 heteroatoms. The lowest BCUT2D eigenvalue weighted by Gasteiger charge is -2.38. The van der Waals surface area contributed by atoms with Crippen LogP contribution in [0, 0.1) is 11.7 Å². The number of carbonyl (C=O) groups excluding carboxylic acids is 1. The first kappa shape index (κ1) is 23.3. The van der Waals surface area contributed by atoms with Crippen LogP contribution in [-0.4, -0.2) is 42.5 Å². The second-order valence-corrected chi connectivity index (χ2v) is 11.6. The highest BCUT2D eigenvalue weighted by Crippen LogP contribution is 2.42. The molecule has 180 valence electrons. The lowest BCUT2D eigenvalue weighted by atomic mass is 9.90. The van der Waals surface area contributed by atoms with Gasteiger partial charge in [0.15, 0.2) is 16.8 Å². The largest absolute Gasteiger partial charge is 0.511 e. The standard InChI is InChI=1S/C22H23FN4O4S3/c1-33(30)24-9-13-11-32-21-19(13)34(31)26-20(25-21)17-18(28)15-3-2-4-16(15)27(22(17)29)10-12-5-7-14(23)8-6-12/h5-8,11,15-16,24,28H,2-4,9-10H2,1H3,(H,25,26). The fourth-order valence-corrected chi connectivity index (χ4v) is 7.35. The van der Waals surface area contributed by atoms with E-state index in [2.05, 4.69) is 14.4 Å². The molecule has 34 heavy (non-hydrogen) atoms. The number of nitrogens with one attached hydrogen (secondary N) is 2. The molecule has 4 atom stereocenters. The van der Waals surface area contributed by atoms with Crippen molar-refractivity contribution in [2.45, 2.75) is 43.3 Å². The van der Waals surface area contributed by atoms with Gasteiger partial charge in [-0.3, -0.25) is 4.79 Å². The zero-order valence-electron chi connectivity index (χ0n) is 18.2. The van der Waals surface area contributed by atoms with Crippen LogP contribution in [0.15, 0.2) is 50.3 Å². The van der Waals surface area contributed by atoms with Crippen LogP contribution in [0.2, 0.25) is 0 Å². The topological polar surface area (TPSA) is 111 Å². The van der Waals surface area contributed by atoms with Gasteiger partial charge in [-0.05, 0) is 41.5 Å². The predicted molar refractivity (Wildman–Crippen MR) is 130 cm³/mol. The quantitative estimate of drug-likeness (QED) is 0.540. The average Bonchev–Trinajstić information content (AvgIpc) is 3.44. The smallest absolute Gasteiger partial charge is 0.261 e. The number of fused-ring (bicyclic) bond motifs is 2. The number of hydrogen-bond acceptors (Lipinski definition) is 6. The summed E-state index contributed by atoms with van der Waals surface area (Å²) < 4.78 is 44.8. The van der Waals surface area contributed by atoms with Crippen molar-refractivity contribution in [3.05, 3.63) is 57.9 Å². The number of thiophene rings is 1. The number of amides is 1. The predicted octanol–water partition coefficient (Wildman–Crippen LogP) is 3.14. The van der Waals surface area contributed by atoms with E-state index in [1.54, 1.807) is 22.4 Å². The minimum absolute atomic E-state index is 0.0191. The lowest BCUT2D eigenvalue weighted by molar-refractivity contribution is -0.132. The van der Waals surface area contributed by atoms with Crippen LogP contribution in [-0.2, 0) is 39.9 Å². The number of aliphatic hydroxyl groups excluding tert-OH is 1. The molecule has 2 aliphatic heterocycles. The van der Waals surface area contributed by atoms with Crippen molar-refractivity contribution >= 4 is 50.1 Å². The Morgan fingerprint density at radius 3 is 2.85 bits per heavy atom. The van der Waals surface area contributed by atoms with Gasteiger partial charge in [-0.2, -0.15) is 4.40 Å². The van der Waals surface area contributed by atoms with Crippen LogP contribution in [0.4, 0.5) is 9.39 Å². The van der Waals surface area contributed by atoms with Gasteiger partial charge in [0, 0.05) is 31.3 Å². The number of anilines is 1. The molecule has 3 heterocycles. The van der Waals surface area contributed by atoms with Gasteiger partial charge in [0.25, 0.3) is 5.91 Å². The van der Waals surface area contributed by atoms with E-state index in [4.69, 9.17) is 0 Å². The molecule has 1 aromatic carbocycles. The van der Waals surface area contributed by atoms with E-state index in [9.17, 15) is 22.7 Å². The van der Waals surface area contributed by atoms with Gasteiger partial charge in [-0.25, -0.2) is 17.5 Å². The Bertz CT molecular complexity index is 1260. The van der Waals surface area contributed by atoms with Crippen LogP contribution in [0.3, 0.4) is 0 Å².